The van der Waals surface area contributed by atoms with Crippen LogP contribution in [0.25, 0.3) is 0 Å². The van der Waals surface area contributed by atoms with Crippen LogP contribution in [0, 0.1) is 0 Å². The van der Waals surface area contributed by atoms with Gasteiger partial charge >= 0.3 is 0 Å². The molecule has 0 aliphatic carbocycles. The molecule has 4 nitrogen and oxygen atoms in total. The lowest BCUT2D eigenvalue weighted by atomic mass is 10.1. The first-order valence-corrected chi connectivity index (χ1v) is 5.76. The van der Waals surface area contributed by atoms with Crippen LogP contribution in [-0.4, -0.2) is 48.2 Å². The monoisotopic (exact) mass is 214 g/mol. The number of likely N-dealkylation sites (tertiary alicyclic amines) is 1. The van der Waals surface area contributed by atoms with E-state index in [4.69, 9.17) is 5.11 Å². The molecule has 0 radical (unpaired) electrons. The lowest BCUT2D eigenvalue weighted by Gasteiger charge is -2.21. The van der Waals surface area contributed by atoms with E-state index in [1.165, 1.54) is 0 Å². The number of aliphatic hydroxyl groups is 1. The average molecular weight is 214 g/mol. The van der Waals surface area contributed by atoms with E-state index >= 15 is 0 Å². The summed E-state index contributed by atoms with van der Waals surface area (Å²) in [5.74, 6) is 0.139. The first-order valence-electron chi connectivity index (χ1n) is 5.76. The molecule has 1 fully saturated rings. The minimum atomic E-state index is 0.0570. The Balaban J connectivity index is 2.28. The van der Waals surface area contributed by atoms with E-state index in [9.17, 15) is 4.79 Å². The van der Waals surface area contributed by atoms with Gasteiger partial charge in [0.25, 0.3) is 0 Å². The third-order valence-electron chi connectivity index (χ3n) is 3.01. The van der Waals surface area contributed by atoms with Crippen molar-refractivity contribution in [3.63, 3.8) is 0 Å². The minimum Gasteiger partial charge on any atom is -0.396 e. The molecule has 0 saturated carbocycles. The van der Waals surface area contributed by atoms with Crippen molar-refractivity contribution in [3.05, 3.63) is 0 Å². The molecular formula is C11H22N2O2. The topological polar surface area (TPSA) is 52.6 Å². The van der Waals surface area contributed by atoms with Gasteiger partial charge in [0.15, 0.2) is 0 Å². The van der Waals surface area contributed by atoms with Crippen LogP contribution in [0.5, 0.6) is 0 Å². The SMILES string of the molecule is CC(CCCO)NC(=O)C1CCCN1C. The molecule has 0 aromatic carbocycles. The number of rotatable bonds is 5. The highest BCUT2D eigenvalue weighted by Crippen LogP contribution is 2.14. The number of nitrogens with zero attached hydrogens (tertiary/aromatic N) is 1. The van der Waals surface area contributed by atoms with Gasteiger partial charge < -0.3 is 10.4 Å². The van der Waals surface area contributed by atoms with Crippen molar-refractivity contribution in [1.29, 1.82) is 0 Å². The fraction of sp³-hybridized carbons (Fsp3) is 0.909. The maximum atomic E-state index is 11.8. The molecule has 1 heterocycles. The van der Waals surface area contributed by atoms with E-state index in [1.807, 2.05) is 14.0 Å². The summed E-state index contributed by atoms with van der Waals surface area (Å²) < 4.78 is 0. The number of aliphatic hydroxyl groups excluding tert-OH is 1. The summed E-state index contributed by atoms with van der Waals surface area (Å²) >= 11 is 0. The van der Waals surface area contributed by atoms with E-state index in [0.29, 0.717) is 0 Å². The van der Waals surface area contributed by atoms with Gasteiger partial charge in [0.2, 0.25) is 5.91 Å². The number of carbonyl (C=O) groups excluding carboxylic acids is 1. The smallest absolute Gasteiger partial charge is 0.237 e. The summed E-state index contributed by atoms with van der Waals surface area (Å²) in [6, 6.07) is 0.222. The predicted molar refractivity (Wildman–Crippen MR) is 59.6 cm³/mol. The normalized spacial score (nSPS) is 24.1. The number of likely N-dealkylation sites (N-methyl/N-ethyl adjacent to an activating group) is 1. The van der Waals surface area contributed by atoms with Crippen molar-refractivity contribution in [2.24, 2.45) is 0 Å². The summed E-state index contributed by atoms with van der Waals surface area (Å²) in [5.41, 5.74) is 0. The Kier molecular flexibility index (Phi) is 5.05. The van der Waals surface area contributed by atoms with Gasteiger partial charge in [0, 0.05) is 12.6 Å². The molecule has 1 saturated heterocycles. The number of carbonyl (C=O) groups is 1. The first-order chi connectivity index (χ1) is 7.15. The van der Waals surface area contributed by atoms with Crippen molar-refractivity contribution >= 4 is 5.91 Å². The van der Waals surface area contributed by atoms with E-state index < -0.39 is 0 Å². The second-order valence-electron chi connectivity index (χ2n) is 4.41. The first kappa shape index (κ1) is 12.5. The van der Waals surface area contributed by atoms with Gasteiger partial charge in [-0.3, -0.25) is 9.69 Å². The summed E-state index contributed by atoms with van der Waals surface area (Å²) in [6.45, 7) is 3.20. The fourth-order valence-corrected chi connectivity index (χ4v) is 2.05. The average Bonchev–Trinajstić information content (AvgIpc) is 2.61. The van der Waals surface area contributed by atoms with E-state index in [2.05, 4.69) is 10.2 Å². The molecule has 15 heavy (non-hydrogen) atoms. The molecule has 2 unspecified atom stereocenters. The Morgan fingerprint density at radius 1 is 1.67 bits per heavy atom. The molecule has 4 heteroatoms. The molecule has 0 spiro atoms. The molecule has 1 aliphatic rings. The maximum Gasteiger partial charge on any atom is 0.237 e. The second kappa shape index (κ2) is 6.08. The van der Waals surface area contributed by atoms with Crippen LogP contribution in [0.3, 0.4) is 0 Å². The summed E-state index contributed by atoms with van der Waals surface area (Å²) in [6.07, 6.45) is 3.68. The highest BCUT2D eigenvalue weighted by Gasteiger charge is 2.28. The van der Waals surface area contributed by atoms with Crippen LogP contribution in [0.15, 0.2) is 0 Å². The largest absolute Gasteiger partial charge is 0.396 e. The lowest BCUT2D eigenvalue weighted by Crippen LogP contribution is -2.44. The van der Waals surface area contributed by atoms with Crippen molar-refractivity contribution in [2.45, 2.75) is 44.7 Å². The summed E-state index contributed by atoms with van der Waals surface area (Å²) in [7, 11) is 2.00. The summed E-state index contributed by atoms with van der Waals surface area (Å²) in [4.78, 5) is 13.9. The van der Waals surface area contributed by atoms with Gasteiger partial charge in [0.1, 0.15) is 0 Å². The Labute approximate surface area is 91.6 Å². The van der Waals surface area contributed by atoms with Gasteiger partial charge in [-0.05, 0) is 46.2 Å². The van der Waals surface area contributed by atoms with Crippen LogP contribution < -0.4 is 5.32 Å². The zero-order chi connectivity index (χ0) is 11.3. The van der Waals surface area contributed by atoms with Crippen molar-refractivity contribution in [1.82, 2.24) is 10.2 Å². The Morgan fingerprint density at radius 2 is 2.40 bits per heavy atom. The summed E-state index contributed by atoms with van der Waals surface area (Å²) in [5, 5.41) is 11.7. The van der Waals surface area contributed by atoms with Gasteiger partial charge in [-0.1, -0.05) is 0 Å². The van der Waals surface area contributed by atoms with Crippen LogP contribution in [-0.2, 0) is 4.79 Å². The second-order valence-corrected chi connectivity index (χ2v) is 4.41. The van der Waals surface area contributed by atoms with E-state index in [1.54, 1.807) is 0 Å². The number of hydrogen-bond donors (Lipinski definition) is 2. The molecule has 1 amide bonds. The molecule has 1 rings (SSSR count). The number of hydrogen-bond acceptors (Lipinski definition) is 3. The van der Waals surface area contributed by atoms with Crippen LogP contribution in [0.4, 0.5) is 0 Å². The Hall–Kier alpha value is -0.610. The molecule has 2 atom stereocenters. The molecule has 0 bridgehead atoms. The highest BCUT2D eigenvalue weighted by atomic mass is 16.3. The predicted octanol–water partition coefficient (Wildman–Crippen LogP) is 0.358. The van der Waals surface area contributed by atoms with E-state index in [-0.39, 0.29) is 24.6 Å². The molecule has 1 aliphatic heterocycles. The van der Waals surface area contributed by atoms with Gasteiger partial charge in [-0.15, -0.1) is 0 Å². The third-order valence-corrected chi connectivity index (χ3v) is 3.01. The number of amides is 1. The minimum absolute atomic E-state index is 0.0570. The van der Waals surface area contributed by atoms with Crippen molar-refractivity contribution in [3.8, 4) is 0 Å². The number of nitrogens with one attached hydrogen (secondary N) is 1. The fourth-order valence-electron chi connectivity index (χ4n) is 2.05. The Bertz CT molecular complexity index is 209. The zero-order valence-electron chi connectivity index (χ0n) is 9.70. The van der Waals surface area contributed by atoms with Crippen molar-refractivity contribution < 1.29 is 9.90 Å². The molecule has 0 aromatic heterocycles. The quantitative estimate of drug-likeness (QED) is 0.694. The maximum absolute atomic E-state index is 11.8. The highest BCUT2D eigenvalue weighted by molar-refractivity contribution is 5.82. The van der Waals surface area contributed by atoms with Gasteiger partial charge in [0.05, 0.1) is 6.04 Å². The molecular weight excluding hydrogens is 192 g/mol. The molecule has 2 N–H and O–H groups in total. The van der Waals surface area contributed by atoms with Gasteiger partial charge in [-0.2, -0.15) is 0 Å². The standard InChI is InChI=1S/C11H22N2O2/c1-9(5-4-8-14)12-11(15)10-6-3-7-13(10)2/h9-10,14H,3-8H2,1-2H3,(H,12,15). The third kappa shape index (κ3) is 3.80. The van der Waals surface area contributed by atoms with Crippen LogP contribution in [0.1, 0.15) is 32.6 Å². The lowest BCUT2D eigenvalue weighted by molar-refractivity contribution is -0.125. The van der Waals surface area contributed by atoms with Gasteiger partial charge in [-0.25, -0.2) is 0 Å². The van der Waals surface area contributed by atoms with Crippen LogP contribution in [0.2, 0.25) is 0 Å². The Morgan fingerprint density at radius 3 is 2.93 bits per heavy atom. The van der Waals surface area contributed by atoms with E-state index in [0.717, 1.165) is 32.2 Å². The molecule has 0 aromatic rings. The zero-order valence-corrected chi connectivity index (χ0v) is 9.70. The molecule has 88 valence electrons. The van der Waals surface area contributed by atoms with Crippen LogP contribution >= 0.6 is 0 Å². The van der Waals surface area contributed by atoms with Crippen molar-refractivity contribution in [2.75, 3.05) is 20.2 Å².